The van der Waals surface area contributed by atoms with Crippen LogP contribution in [0.2, 0.25) is 0 Å². The fraction of sp³-hybridized carbons (Fsp3) is 0.583. The van der Waals surface area contributed by atoms with Crippen LogP contribution in [0.4, 0.5) is 0 Å². The van der Waals surface area contributed by atoms with Gasteiger partial charge in [0.05, 0.1) is 6.61 Å². The summed E-state index contributed by atoms with van der Waals surface area (Å²) in [6.45, 7) is 9.45. The number of ketones is 1. The lowest BCUT2D eigenvalue weighted by molar-refractivity contribution is -0.146. The van der Waals surface area contributed by atoms with Gasteiger partial charge >= 0.3 is 5.97 Å². The summed E-state index contributed by atoms with van der Waals surface area (Å²) in [6.07, 6.45) is 11.3. The molecule has 1 fully saturated rings. The van der Waals surface area contributed by atoms with Gasteiger partial charge in [0.2, 0.25) is 0 Å². The van der Waals surface area contributed by atoms with Crippen LogP contribution in [0.15, 0.2) is 46.6 Å². The lowest BCUT2D eigenvalue weighted by atomic mass is 9.83. The first-order valence-corrected chi connectivity index (χ1v) is 10.3. The van der Waals surface area contributed by atoms with Crippen molar-refractivity contribution in [2.24, 2.45) is 0 Å². The lowest BCUT2D eigenvalue weighted by Gasteiger charge is -2.23. The Morgan fingerprint density at radius 2 is 1.72 bits per heavy atom. The number of aliphatic hydroxyl groups is 1. The molecule has 0 aromatic carbocycles. The second-order valence-electron chi connectivity index (χ2n) is 8.36. The number of hydrogen-bond donors (Lipinski definition) is 1. The van der Waals surface area contributed by atoms with Gasteiger partial charge < -0.3 is 14.6 Å². The van der Waals surface area contributed by atoms with Crippen LogP contribution in [0.3, 0.4) is 0 Å². The number of carbonyl (C=O) groups is 2. The summed E-state index contributed by atoms with van der Waals surface area (Å²) in [5.74, 6) is -0.611. The van der Waals surface area contributed by atoms with Crippen LogP contribution < -0.4 is 0 Å². The molecule has 1 N–H and O–H groups in total. The van der Waals surface area contributed by atoms with Crippen LogP contribution in [-0.2, 0) is 19.1 Å². The van der Waals surface area contributed by atoms with Gasteiger partial charge in [-0.15, -0.1) is 0 Å². The molecule has 0 spiro atoms. The Kier molecular flexibility index (Phi) is 8.17. The van der Waals surface area contributed by atoms with Crippen molar-refractivity contribution in [3.8, 4) is 0 Å². The Labute approximate surface area is 174 Å². The molecule has 3 atom stereocenters. The molecule has 2 rings (SSSR count). The molecule has 29 heavy (non-hydrogen) atoms. The number of esters is 1. The first-order chi connectivity index (χ1) is 13.7. The van der Waals surface area contributed by atoms with Gasteiger partial charge in [-0.05, 0) is 59.5 Å². The van der Waals surface area contributed by atoms with Gasteiger partial charge in [-0.1, -0.05) is 34.9 Å². The monoisotopic (exact) mass is 402 g/mol. The molecule has 160 valence electrons. The number of ether oxygens (including phenoxy) is 2. The highest BCUT2D eigenvalue weighted by Gasteiger charge is 2.67. The molecule has 0 radical (unpaired) electrons. The maximum Gasteiger partial charge on any atom is 0.303 e. The lowest BCUT2D eigenvalue weighted by Crippen LogP contribution is -2.40. The molecule has 5 heteroatoms. The summed E-state index contributed by atoms with van der Waals surface area (Å²) in [5, 5.41) is 9.47. The predicted octanol–water partition coefficient (Wildman–Crippen LogP) is 4.37. The Balaban J connectivity index is 1.90. The molecular weight excluding hydrogens is 368 g/mol. The Hall–Kier alpha value is -1.98. The quantitative estimate of drug-likeness (QED) is 0.334. The normalized spacial score (nSPS) is 26.6. The van der Waals surface area contributed by atoms with Crippen molar-refractivity contribution in [3.63, 3.8) is 0 Å². The Morgan fingerprint density at radius 1 is 1.10 bits per heavy atom. The van der Waals surface area contributed by atoms with Crippen LogP contribution >= 0.6 is 0 Å². The fourth-order valence-corrected chi connectivity index (χ4v) is 3.65. The average Bonchev–Trinajstić information content (AvgIpc) is 3.38. The summed E-state index contributed by atoms with van der Waals surface area (Å²) in [7, 11) is 0. The van der Waals surface area contributed by atoms with E-state index < -0.39 is 23.8 Å². The molecule has 0 amide bonds. The van der Waals surface area contributed by atoms with Gasteiger partial charge in [-0.3, -0.25) is 9.59 Å². The van der Waals surface area contributed by atoms with Gasteiger partial charge in [-0.25, -0.2) is 0 Å². The first-order valence-electron chi connectivity index (χ1n) is 10.3. The van der Waals surface area contributed by atoms with Crippen molar-refractivity contribution in [3.05, 3.63) is 46.6 Å². The van der Waals surface area contributed by atoms with Crippen molar-refractivity contribution >= 4 is 11.8 Å². The van der Waals surface area contributed by atoms with Crippen LogP contribution in [0, 0.1) is 0 Å². The van der Waals surface area contributed by atoms with E-state index in [-0.39, 0.29) is 12.4 Å². The number of aliphatic hydroxyl groups excluding tert-OH is 1. The van der Waals surface area contributed by atoms with Crippen LogP contribution in [0.5, 0.6) is 0 Å². The van der Waals surface area contributed by atoms with Gasteiger partial charge in [0.25, 0.3) is 0 Å². The minimum absolute atomic E-state index is 0.158. The third-order valence-corrected chi connectivity index (χ3v) is 5.47. The first kappa shape index (κ1) is 23.3. The minimum atomic E-state index is -0.948. The van der Waals surface area contributed by atoms with E-state index in [0.29, 0.717) is 12.0 Å². The molecule has 0 aromatic heterocycles. The van der Waals surface area contributed by atoms with Gasteiger partial charge in [0.1, 0.15) is 6.10 Å². The molecule has 1 heterocycles. The summed E-state index contributed by atoms with van der Waals surface area (Å²) in [4.78, 5) is 23.9. The van der Waals surface area contributed by atoms with Crippen molar-refractivity contribution < 1.29 is 24.2 Å². The van der Waals surface area contributed by atoms with E-state index in [9.17, 15) is 14.7 Å². The number of rotatable bonds is 10. The van der Waals surface area contributed by atoms with Crippen molar-refractivity contribution in [1.82, 2.24) is 0 Å². The topological polar surface area (TPSA) is 76.1 Å². The molecule has 3 unspecified atom stereocenters. The number of fused-ring (bicyclic) bond motifs is 1. The maximum atomic E-state index is 12.5. The Bertz CT molecular complexity index is 751. The molecule has 5 nitrogen and oxygen atoms in total. The Morgan fingerprint density at radius 3 is 2.31 bits per heavy atom. The van der Waals surface area contributed by atoms with E-state index in [1.807, 2.05) is 6.08 Å². The minimum Gasteiger partial charge on any atom is -0.455 e. The molecule has 1 saturated heterocycles. The third-order valence-electron chi connectivity index (χ3n) is 5.47. The second kappa shape index (κ2) is 10.2. The second-order valence-corrected chi connectivity index (χ2v) is 8.36. The molecule has 0 aromatic rings. The molecule has 1 aliphatic heterocycles. The number of hydrogen-bond acceptors (Lipinski definition) is 5. The van der Waals surface area contributed by atoms with Crippen LogP contribution in [0.1, 0.15) is 66.7 Å². The molecule has 1 aliphatic carbocycles. The highest BCUT2D eigenvalue weighted by molar-refractivity contribution is 6.02. The molecular formula is C24H34O5. The number of carbonyl (C=O) groups excluding carboxylic acids is 2. The van der Waals surface area contributed by atoms with E-state index in [4.69, 9.17) is 9.47 Å². The summed E-state index contributed by atoms with van der Waals surface area (Å²) in [5.41, 5.74) is 3.41. The third kappa shape index (κ3) is 6.25. The zero-order valence-electron chi connectivity index (χ0n) is 18.3. The summed E-state index contributed by atoms with van der Waals surface area (Å²) >= 11 is 0. The zero-order chi connectivity index (χ0) is 21.6. The van der Waals surface area contributed by atoms with Crippen LogP contribution in [0.25, 0.3) is 0 Å². The van der Waals surface area contributed by atoms with E-state index in [0.717, 1.165) is 25.7 Å². The molecule has 0 saturated carbocycles. The van der Waals surface area contributed by atoms with E-state index in [1.54, 1.807) is 0 Å². The SMILES string of the molecule is CC(=O)OC1C(CO)=CC(=O)C2(CC=C(C)CCC=C(C)CCC=C(C)C)OC12. The van der Waals surface area contributed by atoms with Crippen LogP contribution in [-0.4, -0.2) is 41.3 Å². The van der Waals surface area contributed by atoms with Crippen molar-refractivity contribution in [2.75, 3.05) is 6.61 Å². The highest BCUT2D eigenvalue weighted by atomic mass is 16.7. The maximum absolute atomic E-state index is 12.5. The molecule has 0 bridgehead atoms. The predicted molar refractivity (Wildman–Crippen MR) is 113 cm³/mol. The summed E-state index contributed by atoms with van der Waals surface area (Å²) < 4.78 is 11.0. The fourth-order valence-electron chi connectivity index (χ4n) is 3.65. The smallest absolute Gasteiger partial charge is 0.303 e. The largest absolute Gasteiger partial charge is 0.455 e. The number of allylic oxidation sites excluding steroid dienone is 5. The van der Waals surface area contributed by atoms with Gasteiger partial charge in [0, 0.05) is 18.9 Å². The number of epoxide rings is 1. The average molecular weight is 403 g/mol. The zero-order valence-corrected chi connectivity index (χ0v) is 18.3. The highest BCUT2D eigenvalue weighted by Crippen LogP contribution is 2.49. The van der Waals surface area contributed by atoms with Crippen molar-refractivity contribution in [2.45, 2.75) is 84.5 Å². The van der Waals surface area contributed by atoms with E-state index in [2.05, 4.69) is 39.8 Å². The van der Waals surface area contributed by atoms with Gasteiger partial charge in [0.15, 0.2) is 17.5 Å². The van der Waals surface area contributed by atoms with Crippen molar-refractivity contribution in [1.29, 1.82) is 0 Å². The van der Waals surface area contributed by atoms with E-state index >= 15 is 0 Å². The van der Waals surface area contributed by atoms with Gasteiger partial charge in [-0.2, -0.15) is 0 Å². The standard InChI is InChI=1S/C24H34O5/c1-16(2)8-6-9-17(3)10-7-11-18(4)12-13-24-21(27)14-20(15-25)22(23(24)29-24)28-19(5)26/h8,10,12,14,22-23,25H,6-7,9,11,13,15H2,1-5H3. The summed E-state index contributed by atoms with van der Waals surface area (Å²) in [6, 6.07) is 0. The molecule has 2 aliphatic rings. The van der Waals surface area contributed by atoms with E-state index in [1.165, 1.54) is 29.7 Å².